The molecule has 9 heteroatoms. The molecule has 1 aromatic carbocycles. The third-order valence-corrected chi connectivity index (χ3v) is 5.02. The van der Waals surface area contributed by atoms with Gasteiger partial charge in [-0.25, -0.2) is 9.59 Å². The molecule has 3 aromatic rings. The molecule has 2 heterocycles. The number of carbonyl (C=O) groups is 2. The van der Waals surface area contributed by atoms with Crippen molar-refractivity contribution in [3.63, 3.8) is 0 Å². The van der Waals surface area contributed by atoms with Gasteiger partial charge in [-0.2, -0.15) is 16.9 Å². The molecule has 0 bridgehead atoms. The second-order valence-electron chi connectivity index (χ2n) is 6.38. The van der Waals surface area contributed by atoms with Gasteiger partial charge in [0.2, 0.25) is 5.91 Å². The van der Waals surface area contributed by atoms with Crippen LogP contribution in [0.25, 0.3) is 21.9 Å². The van der Waals surface area contributed by atoms with Crippen molar-refractivity contribution in [1.82, 2.24) is 15.1 Å². The van der Waals surface area contributed by atoms with Gasteiger partial charge in [0.25, 0.3) is 0 Å². The van der Waals surface area contributed by atoms with Gasteiger partial charge in [-0.05, 0) is 37.5 Å². The summed E-state index contributed by atoms with van der Waals surface area (Å²) in [5, 5.41) is 7.88. The molecule has 0 aliphatic heterocycles. The van der Waals surface area contributed by atoms with Crippen molar-refractivity contribution in [2.24, 2.45) is 0 Å². The molecule has 3 rings (SSSR count). The maximum absolute atomic E-state index is 12.5. The lowest BCUT2D eigenvalue weighted by molar-refractivity contribution is -0.145. The number of rotatable bonds is 7. The van der Waals surface area contributed by atoms with Crippen molar-refractivity contribution in [3.8, 4) is 0 Å². The number of hydrogen-bond donors (Lipinski definition) is 1. The van der Waals surface area contributed by atoms with E-state index >= 15 is 0 Å². The molecule has 0 aliphatic rings. The minimum Gasteiger partial charge on any atom is -0.467 e. The lowest BCUT2D eigenvalue weighted by atomic mass is 10.1. The highest BCUT2D eigenvalue weighted by Gasteiger charge is 2.22. The van der Waals surface area contributed by atoms with Crippen LogP contribution in [0, 0.1) is 6.92 Å². The van der Waals surface area contributed by atoms with Gasteiger partial charge in [-0.3, -0.25) is 9.48 Å². The third-order valence-electron chi connectivity index (χ3n) is 4.38. The molecule has 2 aromatic heterocycles. The fourth-order valence-corrected chi connectivity index (χ4v) is 3.49. The summed E-state index contributed by atoms with van der Waals surface area (Å²) in [6.45, 7) is 1.79. The molecule has 0 fully saturated rings. The van der Waals surface area contributed by atoms with E-state index in [4.69, 9.17) is 9.15 Å². The highest BCUT2D eigenvalue weighted by atomic mass is 32.2. The Bertz CT molecular complexity index is 1090. The Morgan fingerprint density at radius 2 is 2.14 bits per heavy atom. The highest BCUT2D eigenvalue weighted by Crippen LogP contribution is 2.23. The molecular weight excluding hydrogens is 382 g/mol. The van der Waals surface area contributed by atoms with Crippen LogP contribution >= 0.6 is 11.8 Å². The zero-order valence-corrected chi connectivity index (χ0v) is 16.7. The molecule has 1 atom stereocenters. The van der Waals surface area contributed by atoms with Crippen LogP contribution in [0.4, 0.5) is 0 Å². The van der Waals surface area contributed by atoms with Gasteiger partial charge in [0.15, 0.2) is 0 Å². The zero-order chi connectivity index (χ0) is 20.3. The van der Waals surface area contributed by atoms with Gasteiger partial charge in [-0.1, -0.05) is 11.6 Å². The Morgan fingerprint density at radius 3 is 2.86 bits per heavy atom. The SMILES string of the molecule is COC(=O)[C@@H](CCSC)NC(=O)Cn1ncc2c(=O)oc3ccc(C)cc3c21. The Kier molecular flexibility index (Phi) is 6.03. The topological polar surface area (TPSA) is 103 Å². The summed E-state index contributed by atoms with van der Waals surface area (Å²) < 4.78 is 11.5. The minimum atomic E-state index is -0.726. The summed E-state index contributed by atoms with van der Waals surface area (Å²) >= 11 is 1.57. The predicted octanol–water partition coefficient (Wildman–Crippen LogP) is 1.86. The Morgan fingerprint density at radius 1 is 1.36 bits per heavy atom. The lowest BCUT2D eigenvalue weighted by Crippen LogP contribution is -2.43. The molecule has 0 saturated carbocycles. The van der Waals surface area contributed by atoms with Crippen molar-refractivity contribution in [3.05, 3.63) is 40.4 Å². The van der Waals surface area contributed by atoms with E-state index in [9.17, 15) is 14.4 Å². The zero-order valence-electron chi connectivity index (χ0n) is 15.9. The summed E-state index contributed by atoms with van der Waals surface area (Å²) in [6, 6.07) is 4.72. The quantitative estimate of drug-likeness (QED) is 0.474. The van der Waals surface area contributed by atoms with Crippen LogP contribution in [-0.2, 0) is 20.9 Å². The van der Waals surface area contributed by atoms with Crippen molar-refractivity contribution in [2.45, 2.75) is 25.9 Å². The predicted molar refractivity (Wildman–Crippen MR) is 107 cm³/mol. The smallest absolute Gasteiger partial charge is 0.347 e. The minimum absolute atomic E-state index is 0.136. The van der Waals surface area contributed by atoms with Gasteiger partial charge in [0, 0.05) is 5.39 Å². The van der Waals surface area contributed by atoms with Crippen molar-refractivity contribution >= 4 is 45.5 Å². The van der Waals surface area contributed by atoms with E-state index in [1.807, 2.05) is 25.3 Å². The number of hydrogen-bond acceptors (Lipinski definition) is 7. The molecule has 148 valence electrons. The Hall–Kier alpha value is -2.81. The van der Waals surface area contributed by atoms with Crippen LogP contribution in [0.3, 0.4) is 0 Å². The van der Waals surface area contributed by atoms with Crippen LogP contribution in [-0.4, -0.2) is 46.8 Å². The fraction of sp³-hybridized carbons (Fsp3) is 0.368. The van der Waals surface area contributed by atoms with E-state index in [1.54, 1.807) is 17.8 Å². The summed E-state index contributed by atoms with van der Waals surface area (Å²) in [5.41, 5.74) is 1.44. The first-order valence-electron chi connectivity index (χ1n) is 8.69. The van der Waals surface area contributed by atoms with Gasteiger partial charge in [0.05, 0.1) is 18.8 Å². The van der Waals surface area contributed by atoms with Gasteiger partial charge in [-0.15, -0.1) is 0 Å². The molecule has 0 spiro atoms. The van der Waals surface area contributed by atoms with E-state index in [0.717, 1.165) is 5.56 Å². The molecule has 1 N–H and O–H groups in total. The average molecular weight is 403 g/mol. The van der Waals surface area contributed by atoms with E-state index in [2.05, 4.69) is 10.4 Å². The summed E-state index contributed by atoms with van der Waals surface area (Å²) in [7, 11) is 1.29. The first-order valence-corrected chi connectivity index (χ1v) is 10.1. The summed E-state index contributed by atoms with van der Waals surface area (Å²) in [5.74, 6) is -0.180. The molecule has 0 saturated heterocycles. The number of benzene rings is 1. The summed E-state index contributed by atoms with van der Waals surface area (Å²) in [4.78, 5) is 36.7. The van der Waals surface area contributed by atoms with E-state index < -0.39 is 23.5 Å². The number of fused-ring (bicyclic) bond motifs is 3. The van der Waals surface area contributed by atoms with Crippen LogP contribution in [0.1, 0.15) is 12.0 Å². The highest BCUT2D eigenvalue weighted by molar-refractivity contribution is 7.98. The van der Waals surface area contributed by atoms with Gasteiger partial charge >= 0.3 is 11.6 Å². The average Bonchev–Trinajstić information content (AvgIpc) is 3.09. The number of nitrogens with one attached hydrogen (secondary N) is 1. The number of aryl methyl sites for hydroxylation is 1. The lowest BCUT2D eigenvalue weighted by Gasteiger charge is -2.16. The Labute approximate surface area is 165 Å². The normalized spacial score (nSPS) is 12.2. The number of ether oxygens (including phenoxy) is 1. The number of aromatic nitrogens is 2. The second-order valence-corrected chi connectivity index (χ2v) is 7.36. The molecule has 28 heavy (non-hydrogen) atoms. The largest absolute Gasteiger partial charge is 0.467 e. The van der Waals surface area contributed by atoms with Crippen LogP contribution in [0.15, 0.2) is 33.6 Å². The molecular formula is C19H21N3O5S. The number of methoxy groups -OCH3 is 1. The van der Waals surface area contributed by atoms with Gasteiger partial charge < -0.3 is 14.5 Å². The number of thioether (sulfide) groups is 1. The van der Waals surface area contributed by atoms with E-state index in [1.165, 1.54) is 18.0 Å². The molecule has 1 amide bonds. The fourth-order valence-electron chi connectivity index (χ4n) is 3.01. The maximum atomic E-state index is 12.5. The number of nitrogens with zero attached hydrogens (tertiary/aromatic N) is 2. The van der Waals surface area contributed by atoms with Crippen molar-refractivity contribution in [1.29, 1.82) is 0 Å². The van der Waals surface area contributed by atoms with Crippen LogP contribution in [0.2, 0.25) is 0 Å². The number of carbonyl (C=O) groups excluding carboxylic acids is 2. The molecule has 0 aliphatic carbocycles. The third kappa shape index (κ3) is 4.04. The monoisotopic (exact) mass is 403 g/mol. The van der Waals surface area contributed by atoms with E-state index in [0.29, 0.717) is 34.0 Å². The standard InChI is InChI=1S/C19H21N3O5S/c1-11-4-5-15-12(8-11)17-13(18(24)27-15)9-20-22(17)10-16(23)21-14(6-7-28-3)19(25)26-2/h4-5,8-9,14H,6-7,10H2,1-3H3,(H,21,23)/t14-/m1/s1. The second kappa shape index (κ2) is 8.47. The number of amides is 1. The van der Waals surface area contributed by atoms with Crippen molar-refractivity contribution in [2.75, 3.05) is 19.1 Å². The molecule has 8 nitrogen and oxygen atoms in total. The van der Waals surface area contributed by atoms with Crippen LogP contribution in [0.5, 0.6) is 0 Å². The van der Waals surface area contributed by atoms with Gasteiger partial charge in [0.1, 0.15) is 23.6 Å². The maximum Gasteiger partial charge on any atom is 0.347 e. The Balaban J connectivity index is 1.92. The molecule has 0 unspecified atom stereocenters. The van der Waals surface area contributed by atoms with Crippen LogP contribution < -0.4 is 10.9 Å². The van der Waals surface area contributed by atoms with E-state index in [-0.39, 0.29) is 6.54 Å². The first kappa shape index (κ1) is 19.9. The number of esters is 1. The molecule has 0 radical (unpaired) electrons. The summed E-state index contributed by atoms with van der Waals surface area (Å²) in [6.07, 6.45) is 3.78. The first-order chi connectivity index (χ1) is 13.4. The van der Waals surface area contributed by atoms with Crippen molar-refractivity contribution < 1.29 is 18.7 Å².